The molecule has 1 aromatic carbocycles. The van der Waals surface area contributed by atoms with Gasteiger partial charge in [-0.05, 0) is 29.9 Å². The Morgan fingerprint density at radius 3 is 3.00 bits per heavy atom. The monoisotopic (exact) mass is 255 g/mol. The molecule has 1 N–H and O–H groups in total. The molecule has 3 atom stereocenters. The molecule has 1 aliphatic heterocycles. The van der Waals surface area contributed by atoms with E-state index in [-0.39, 0.29) is 6.04 Å². The molecule has 0 saturated heterocycles. The standard InChI is InChI=1S/C15H17N3O/c1-9-8-12(9)14-17-15(19-18-14)13-11-5-3-2-4-10(11)6-7-16-13/h2-5,9,12-13,16H,6-8H2,1H3. The molecule has 2 aromatic rings. The molecule has 0 amide bonds. The van der Waals surface area contributed by atoms with Gasteiger partial charge in [-0.3, -0.25) is 0 Å². The number of hydrogen-bond donors (Lipinski definition) is 1. The molecule has 98 valence electrons. The van der Waals surface area contributed by atoms with Crippen molar-refractivity contribution in [3.05, 3.63) is 47.1 Å². The van der Waals surface area contributed by atoms with Gasteiger partial charge in [-0.2, -0.15) is 4.98 Å². The van der Waals surface area contributed by atoms with E-state index < -0.39 is 0 Å². The summed E-state index contributed by atoms with van der Waals surface area (Å²) in [4.78, 5) is 4.60. The van der Waals surface area contributed by atoms with Crippen LogP contribution in [0.1, 0.15) is 48.1 Å². The van der Waals surface area contributed by atoms with Crippen LogP contribution in [0.5, 0.6) is 0 Å². The lowest BCUT2D eigenvalue weighted by atomic mass is 9.94. The van der Waals surface area contributed by atoms with Crippen LogP contribution in [0.3, 0.4) is 0 Å². The van der Waals surface area contributed by atoms with Crippen LogP contribution in [-0.4, -0.2) is 16.7 Å². The Balaban J connectivity index is 1.68. The first kappa shape index (κ1) is 11.2. The van der Waals surface area contributed by atoms with Crippen LogP contribution in [0.25, 0.3) is 0 Å². The first-order valence-corrected chi connectivity index (χ1v) is 6.97. The van der Waals surface area contributed by atoms with E-state index in [1.54, 1.807) is 0 Å². The molecule has 0 radical (unpaired) electrons. The molecular formula is C15H17N3O. The van der Waals surface area contributed by atoms with E-state index in [4.69, 9.17) is 4.52 Å². The van der Waals surface area contributed by atoms with E-state index in [0.29, 0.717) is 17.7 Å². The zero-order chi connectivity index (χ0) is 12.8. The van der Waals surface area contributed by atoms with Gasteiger partial charge in [0.15, 0.2) is 5.82 Å². The van der Waals surface area contributed by atoms with Crippen molar-refractivity contribution in [1.82, 2.24) is 15.5 Å². The molecule has 1 saturated carbocycles. The average Bonchev–Trinajstić information content (AvgIpc) is 3.00. The van der Waals surface area contributed by atoms with Crippen molar-refractivity contribution in [2.75, 3.05) is 6.54 Å². The molecular weight excluding hydrogens is 238 g/mol. The van der Waals surface area contributed by atoms with Gasteiger partial charge in [-0.1, -0.05) is 36.3 Å². The summed E-state index contributed by atoms with van der Waals surface area (Å²) in [7, 11) is 0. The first-order chi connectivity index (χ1) is 9.33. The molecule has 2 heterocycles. The second kappa shape index (κ2) is 4.17. The Morgan fingerprint density at radius 1 is 1.32 bits per heavy atom. The summed E-state index contributed by atoms with van der Waals surface area (Å²) < 4.78 is 5.49. The number of hydrogen-bond acceptors (Lipinski definition) is 4. The minimum Gasteiger partial charge on any atom is -0.337 e. The Kier molecular flexibility index (Phi) is 2.45. The van der Waals surface area contributed by atoms with Crippen LogP contribution in [0.2, 0.25) is 0 Å². The van der Waals surface area contributed by atoms with E-state index in [2.05, 4.69) is 46.6 Å². The Morgan fingerprint density at radius 2 is 2.16 bits per heavy atom. The molecule has 0 bridgehead atoms. The van der Waals surface area contributed by atoms with Crippen LogP contribution in [-0.2, 0) is 6.42 Å². The second-order valence-electron chi connectivity index (χ2n) is 5.65. The fourth-order valence-electron chi connectivity index (χ4n) is 2.92. The zero-order valence-corrected chi connectivity index (χ0v) is 11.0. The van der Waals surface area contributed by atoms with Gasteiger partial charge in [0.1, 0.15) is 6.04 Å². The molecule has 1 aliphatic carbocycles. The molecule has 2 aliphatic rings. The van der Waals surface area contributed by atoms with Crippen LogP contribution in [0.15, 0.2) is 28.8 Å². The predicted molar refractivity (Wildman–Crippen MR) is 70.8 cm³/mol. The maximum Gasteiger partial charge on any atom is 0.248 e. The largest absolute Gasteiger partial charge is 0.337 e. The number of fused-ring (bicyclic) bond motifs is 1. The van der Waals surface area contributed by atoms with E-state index in [0.717, 1.165) is 18.8 Å². The highest BCUT2D eigenvalue weighted by atomic mass is 16.5. The fraction of sp³-hybridized carbons (Fsp3) is 0.467. The molecule has 4 rings (SSSR count). The number of nitrogens with one attached hydrogen (secondary N) is 1. The quantitative estimate of drug-likeness (QED) is 0.895. The van der Waals surface area contributed by atoms with Gasteiger partial charge in [-0.15, -0.1) is 0 Å². The Labute approximate surface area is 112 Å². The summed E-state index contributed by atoms with van der Waals surface area (Å²) >= 11 is 0. The van der Waals surface area contributed by atoms with Crippen molar-refractivity contribution in [2.24, 2.45) is 5.92 Å². The predicted octanol–water partition coefficient (Wildman–Crippen LogP) is 2.43. The van der Waals surface area contributed by atoms with E-state index >= 15 is 0 Å². The van der Waals surface area contributed by atoms with Crippen LogP contribution < -0.4 is 5.32 Å². The van der Waals surface area contributed by atoms with E-state index in [1.807, 2.05) is 0 Å². The summed E-state index contributed by atoms with van der Waals surface area (Å²) in [6.07, 6.45) is 2.25. The van der Waals surface area contributed by atoms with Crippen molar-refractivity contribution in [2.45, 2.75) is 31.7 Å². The number of rotatable bonds is 2. The van der Waals surface area contributed by atoms with Gasteiger partial charge in [0.2, 0.25) is 5.89 Å². The zero-order valence-electron chi connectivity index (χ0n) is 11.0. The minimum absolute atomic E-state index is 0.0558. The van der Waals surface area contributed by atoms with Crippen molar-refractivity contribution in [3.8, 4) is 0 Å². The van der Waals surface area contributed by atoms with Gasteiger partial charge >= 0.3 is 0 Å². The third kappa shape index (κ3) is 1.87. The van der Waals surface area contributed by atoms with E-state index in [1.165, 1.54) is 17.5 Å². The van der Waals surface area contributed by atoms with Gasteiger partial charge in [0.05, 0.1) is 0 Å². The maximum atomic E-state index is 5.49. The SMILES string of the molecule is CC1CC1c1noc(C2NCCc3ccccc32)n1. The Hall–Kier alpha value is -1.68. The molecule has 1 fully saturated rings. The van der Waals surface area contributed by atoms with Crippen LogP contribution in [0, 0.1) is 5.92 Å². The van der Waals surface area contributed by atoms with Crippen LogP contribution in [0.4, 0.5) is 0 Å². The summed E-state index contributed by atoms with van der Waals surface area (Å²) in [5.41, 5.74) is 2.65. The topological polar surface area (TPSA) is 51.0 Å². The summed E-state index contributed by atoms with van der Waals surface area (Å²) in [6, 6.07) is 8.55. The third-order valence-corrected chi connectivity index (χ3v) is 4.25. The number of benzene rings is 1. The van der Waals surface area contributed by atoms with Gasteiger partial charge in [0.25, 0.3) is 0 Å². The highest BCUT2D eigenvalue weighted by Crippen LogP contribution is 2.45. The first-order valence-electron chi connectivity index (χ1n) is 6.97. The lowest BCUT2D eigenvalue weighted by Crippen LogP contribution is -2.30. The summed E-state index contributed by atoms with van der Waals surface area (Å²) in [5, 5.41) is 7.63. The van der Waals surface area contributed by atoms with Crippen molar-refractivity contribution in [3.63, 3.8) is 0 Å². The molecule has 4 heteroatoms. The normalized spacial score (nSPS) is 29.0. The highest BCUT2D eigenvalue weighted by molar-refractivity contribution is 5.35. The summed E-state index contributed by atoms with van der Waals surface area (Å²) in [6.45, 7) is 3.19. The van der Waals surface area contributed by atoms with Crippen LogP contribution >= 0.6 is 0 Å². The van der Waals surface area contributed by atoms with Gasteiger partial charge < -0.3 is 9.84 Å². The van der Waals surface area contributed by atoms with Gasteiger partial charge in [-0.25, -0.2) is 0 Å². The Bertz CT molecular complexity index is 607. The van der Waals surface area contributed by atoms with E-state index in [9.17, 15) is 0 Å². The summed E-state index contributed by atoms with van der Waals surface area (Å²) in [5.74, 6) is 2.81. The van der Waals surface area contributed by atoms with Crippen molar-refractivity contribution in [1.29, 1.82) is 0 Å². The van der Waals surface area contributed by atoms with Gasteiger partial charge in [0, 0.05) is 12.5 Å². The fourth-order valence-corrected chi connectivity index (χ4v) is 2.92. The number of nitrogens with zero attached hydrogens (tertiary/aromatic N) is 2. The lowest BCUT2D eigenvalue weighted by molar-refractivity contribution is 0.340. The molecule has 3 unspecified atom stereocenters. The third-order valence-electron chi connectivity index (χ3n) is 4.25. The minimum atomic E-state index is 0.0558. The smallest absolute Gasteiger partial charge is 0.248 e. The molecule has 0 spiro atoms. The van der Waals surface area contributed by atoms with Crippen molar-refractivity contribution < 1.29 is 4.52 Å². The lowest BCUT2D eigenvalue weighted by Gasteiger charge is -2.23. The van der Waals surface area contributed by atoms with Crippen molar-refractivity contribution >= 4 is 0 Å². The highest BCUT2D eigenvalue weighted by Gasteiger charge is 2.39. The molecule has 19 heavy (non-hydrogen) atoms. The molecule has 4 nitrogen and oxygen atoms in total. The molecule has 1 aromatic heterocycles. The number of aromatic nitrogens is 2. The average molecular weight is 255 g/mol. The maximum absolute atomic E-state index is 5.49. The second-order valence-corrected chi connectivity index (χ2v) is 5.65.